The quantitative estimate of drug-likeness (QED) is 0.394. The molecule has 5 heterocycles. The number of nitrogens with zero attached hydrogens (tertiary/aromatic N) is 6. The van der Waals surface area contributed by atoms with E-state index < -0.39 is 12.1 Å². The van der Waals surface area contributed by atoms with Crippen LogP contribution >= 0.6 is 0 Å². The van der Waals surface area contributed by atoms with E-state index in [-0.39, 0.29) is 11.8 Å². The van der Waals surface area contributed by atoms with Gasteiger partial charge in [-0.15, -0.1) is 0 Å². The number of imidazole rings is 1. The Morgan fingerprint density at radius 1 is 1.03 bits per heavy atom. The van der Waals surface area contributed by atoms with Gasteiger partial charge in [-0.3, -0.25) is 24.7 Å². The number of pyridine rings is 2. The normalized spacial score (nSPS) is 15.0. The van der Waals surface area contributed by atoms with Gasteiger partial charge in [0.1, 0.15) is 5.69 Å². The maximum Gasteiger partial charge on any atom is 0.490 e. The van der Waals surface area contributed by atoms with Gasteiger partial charge in [0.2, 0.25) is 0 Å². The Balaban J connectivity index is 0.000000448. The van der Waals surface area contributed by atoms with E-state index in [0.29, 0.717) is 18.7 Å². The number of hydrogen-bond donors (Lipinski definition) is 2. The summed E-state index contributed by atoms with van der Waals surface area (Å²) in [7, 11) is 0. The van der Waals surface area contributed by atoms with Crippen molar-refractivity contribution in [3.63, 3.8) is 0 Å². The predicted molar refractivity (Wildman–Crippen MR) is 134 cm³/mol. The first-order chi connectivity index (χ1) is 18.5. The summed E-state index contributed by atoms with van der Waals surface area (Å²) in [4.78, 5) is 49.1. The zero-order valence-electron chi connectivity index (χ0n) is 21.0. The summed E-state index contributed by atoms with van der Waals surface area (Å²) < 4.78 is 31.7. The van der Waals surface area contributed by atoms with Crippen molar-refractivity contribution >= 4 is 11.9 Å². The summed E-state index contributed by atoms with van der Waals surface area (Å²) in [5.74, 6) is -1.83. The lowest BCUT2D eigenvalue weighted by molar-refractivity contribution is -0.192. The minimum atomic E-state index is -5.08. The molecule has 0 aliphatic carbocycles. The number of aryl methyl sites for hydroxylation is 2. The van der Waals surface area contributed by atoms with Crippen LogP contribution in [0.4, 0.5) is 13.2 Å². The van der Waals surface area contributed by atoms with Crippen molar-refractivity contribution in [2.24, 2.45) is 0 Å². The van der Waals surface area contributed by atoms with Gasteiger partial charge in [-0.25, -0.2) is 9.78 Å². The van der Waals surface area contributed by atoms with Crippen LogP contribution in [-0.2, 0) is 4.79 Å². The van der Waals surface area contributed by atoms with Gasteiger partial charge in [0.05, 0.1) is 17.0 Å². The average Bonchev–Trinajstić information content (AvgIpc) is 3.56. The van der Waals surface area contributed by atoms with Gasteiger partial charge < -0.3 is 15.0 Å². The van der Waals surface area contributed by atoms with Gasteiger partial charge in [0.25, 0.3) is 5.91 Å². The smallest absolute Gasteiger partial charge is 0.475 e. The van der Waals surface area contributed by atoms with E-state index in [1.165, 1.54) is 0 Å². The first-order valence-corrected chi connectivity index (χ1v) is 11.8. The summed E-state index contributed by atoms with van der Waals surface area (Å²) in [5.41, 5.74) is 6.03. The zero-order valence-corrected chi connectivity index (χ0v) is 21.0. The molecular formula is C26H24F3N7O3. The molecule has 1 amide bonds. The molecule has 13 heteroatoms. The molecule has 10 nitrogen and oxygen atoms in total. The van der Waals surface area contributed by atoms with Crippen LogP contribution in [0, 0.1) is 13.8 Å². The summed E-state index contributed by atoms with van der Waals surface area (Å²) in [6.07, 6.45) is 6.08. The molecule has 2 N–H and O–H groups in total. The molecular weight excluding hydrogens is 515 g/mol. The number of aromatic amines is 1. The van der Waals surface area contributed by atoms with Crippen molar-refractivity contribution in [2.45, 2.75) is 32.4 Å². The minimum absolute atomic E-state index is 0.0164. The highest BCUT2D eigenvalue weighted by Crippen LogP contribution is 2.28. The number of carbonyl (C=O) groups excluding carboxylic acids is 1. The molecule has 0 radical (unpaired) electrons. The molecule has 1 saturated heterocycles. The third kappa shape index (κ3) is 6.61. The number of amides is 1. The van der Waals surface area contributed by atoms with Gasteiger partial charge >= 0.3 is 12.1 Å². The van der Waals surface area contributed by atoms with Crippen molar-refractivity contribution in [2.75, 3.05) is 13.1 Å². The lowest BCUT2D eigenvalue weighted by Gasteiger charge is -2.16. The minimum Gasteiger partial charge on any atom is -0.475 e. The fraction of sp³-hybridized carbons (Fsp3) is 0.269. The Bertz CT molecular complexity index is 1460. The summed E-state index contributed by atoms with van der Waals surface area (Å²) in [5, 5.41) is 7.12. The van der Waals surface area contributed by atoms with E-state index >= 15 is 0 Å². The predicted octanol–water partition coefficient (Wildman–Crippen LogP) is 4.20. The van der Waals surface area contributed by atoms with Crippen LogP contribution in [0.2, 0.25) is 0 Å². The number of likely N-dealkylation sites (tertiary alicyclic amines) is 1. The van der Waals surface area contributed by atoms with E-state index in [1.807, 2.05) is 36.9 Å². The second-order valence-corrected chi connectivity index (χ2v) is 8.86. The molecule has 0 aromatic carbocycles. The highest BCUT2D eigenvalue weighted by Gasteiger charge is 2.38. The van der Waals surface area contributed by atoms with E-state index in [0.717, 1.165) is 46.1 Å². The molecule has 4 aromatic heterocycles. The second kappa shape index (κ2) is 11.4. The molecule has 1 aliphatic heterocycles. The summed E-state index contributed by atoms with van der Waals surface area (Å²) in [6, 6.07) is 5.77. The zero-order chi connectivity index (χ0) is 28.2. The Labute approximate surface area is 221 Å². The fourth-order valence-electron chi connectivity index (χ4n) is 4.01. The molecule has 0 bridgehead atoms. The number of carboxylic acids is 1. The van der Waals surface area contributed by atoms with Gasteiger partial charge in [-0.1, -0.05) is 0 Å². The molecule has 1 atom stereocenters. The Kier molecular flexibility index (Phi) is 7.98. The van der Waals surface area contributed by atoms with Crippen LogP contribution in [-0.4, -0.2) is 71.1 Å². The second-order valence-electron chi connectivity index (χ2n) is 8.86. The first-order valence-electron chi connectivity index (χ1n) is 11.8. The summed E-state index contributed by atoms with van der Waals surface area (Å²) >= 11 is 0. The molecule has 1 fully saturated rings. The van der Waals surface area contributed by atoms with Gasteiger partial charge in [-0.2, -0.15) is 13.2 Å². The number of halogens is 3. The molecule has 1 unspecified atom stereocenters. The fourth-order valence-corrected chi connectivity index (χ4v) is 4.01. The number of aromatic nitrogens is 6. The van der Waals surface area contributed by atoms with E-state index in [9.17, 15) is 18.0 Å². The SMILES string of the molecule is Cc1nc(-c2cc(-c3cncc(C(=O)N4CCC(c5cnccn5)C4)c3)ccn2)[nH]c1C.O=C(O)C(F)(F)F. The number of H-pyrrole nitrogens is 1. The Morgan fingerprint density at radius 2 is 1.79 bits per heavy atom. The van der Waals surface area contributed by atoms with Gasteiger partial charge in [-0.05, 0) is 44.0 Å². The number of alkyl halides is 3. The van der Waals surface area contributed by atoms with Crippen LogP contribution in [0.3, 0.4) is 0 Å². The highest BCUT2D eigenvalue weighted by molar-refractivity contribution is 5.95. The van der Waals surface area contributed by atoms with Crippen molar-refractivity contribution < 1.29 is 27.9 Å². The first kappa shape index (κ1) is 27.4. The monoisotopic (exact) mass is 539 g/mol. The number of hydrogen-bond acceptors (Lipinski definition) is 7. The van der Waals surface area contributed by atoms with Crippen LogP contribution < -0.4 is 0 Å². The van der Waals surface area contributed by atoms with Crippen LogP contribution in [0.15, 0.2) is 55.4 Å². The van der Waals surface area contributed by atoms with Crippen molar-refractivity contribution in [3.8, 4) is 22.6 Å². The Morgan fingerprint density at radius 3 is 2.44 bits per heavy atom. The number of aliphatic carboxylic acids is 1. The van der Waals surface area contributed by atoms with Crippen LogP contribution in [0.1, 0.15) is 39.8 Å². The summed E-state index contributed by atoms with van der Waals surface area (Å²) in [6.45, 7) is 5.28. The number of rotatable bonds is 4. The molecule has 0 saturated carbocycles. The third-order valence-electron chi connectivity index (χ3n) is 6.17. The lowest BCUT2D eigenvalue weighted by Crippen LogP contribution is -2.28. The topological polar surface area (TPSA) is 138 Å². The number of nitrogens with one attached hydrogen (secondary N) is 1. The maximum absolute atomic E-state index is 13.2. The van der Waals surface area contributed by atoms with Gasteiger partial charge in [0.15, 0.2) is 5.82 Å². The molecule has 5 rings (SSSR count). The van der Waals surface area contributed by atoms with Crippen LogP contribution in [0.5, 0.6) is 0 Å². The highest BCUT2D eigenvalue weighted by atomic mass is 19.4. The number of carbonyl (C=O) groups is 2. The van der Waals surface area contributed by atoms with Crippen molar-refractivity contribution in [1.82, 2.24) is 34.8 Å². The molecule has 202 valence electrons. The van der Waals surface area contributed by atoms with E-state index in [1.54, 1.807) is 37.2 Å². The molecule has 39 heavy (non-hydrogen) atoms. The molecule has 1 aliphatic rings. The maximum atomic E-state index is 13.2. The van der Waals surface area contributed by atoms with Crippen molar-refractivity contribution in [1.29, 1.82) is 0 Å². The molecule has 0 spiro atoms. The Hall–Kier alpha value is -4.68. The third-order valence-corrected chi connectivity index (χ3v) is 6.17. The van der Waals surface area contributed by atoms with Crippen molar-refractivity contribution in [3.05, 3.63) is 78.0 Å². The van der Waals surface area contributed by atoms with Gasteiger partial charge in [0, 0.05) is 67.4 Å². The van der Waals surface area contributed by atoms with Crippen LogP contribution in [0.25, 0.3) is 22.6 Å². The van der Waals surface area contributed by atoms with E-state index in [2.05, 4.69) is 29.9 Å². The average molecular weight is 540 g/mol. The molecule has 4 aromatic rings. The largest absolute Gasteiger partial charge is 0.490 e. The number of carboxylic acid groups (broad SMARTS) is 1. The lowest BCUT2D eigenvalue weighted by atomic mass is 10.1. The standard InChI is InChI=1S/C24H23N7O.C2HF3O2/c1-15-16(2)30-23(29-15)21-10-17(3-5-27-21)19-9-20(12-26-11-19)24(32)31-8-4-18(14-31)22-13-25-6-7-28-22;3-2(4,5)1(6)7/h3,5-7,9-13,18H,4,8,14H2,1-2H3,(H,29,30);(H,6,7). The van der Waals surface area contributed by atoms with E-state index in [4.69, 9.17) is 9.90 Å².